The standard InChI is InChI=1S/C8H14O3/c1-6(2)5-8(3,10)7(9)11-4/h10H,1,5H2,2-4H3/t8-/m0/s1. The van der Waals surface area contributed by atoms with E-state index in [0.29, 0.717) is 0 Å². The van der Waals surface area contributed by atoms with E-state index in [1.807, 2.05) is 0 Å². The molecule has 3 heteroatoms. The maximum Gasteiger partial charge on any atom is 0.337 e. The van der Waals surface area contributed by atoms with E-state index in [-0.39, 0.29) is 6.42 Å². The van der Waals surface area contributed by atoms with Gasteiger partial charge >= 0.3 is 5.97 Å². The van der Waals surface area contributed by atoms with Gasteiger partial charge in [-0.25, -0.2) is 4.79 Å². The Morgan fingerprint density at radius 1 is 1.73 bits per heavy atom. The van der Waals surface area contributed by atoms with Crippen LogP contribution in [0.25, 0.3) is 0 Å². The molecule has 0 spiro atoms. The second-order valence-corrected chi connectivity index (χ2v) is 2.90. The van der Waals surface area contributed by atoms with Crippen LogP contribution in [0, 0.1) is 0 Å². The molecule has 0 aromatic carbocycles. The lowest BCUT2D eigenvalue weighted by molar-refractivity contribution is -0.160. The van der Waals surface area contributed by atoms with Crippen LogP contribution in [0.3, 0.4) is 0 Å². The Morgan fingerprint density at radius 2 is 2.18 bits per heavy atom. The molecule has 0 saturated heterocycles. The van der Waals surface area contributed by atoms with Crippen molar-refractivity contribution in [2.24, 2.45) is 0 Å². The molecule has 1 N–H and O–H groups in total. The number of aliphatic hydroxyl groups is 1. The minimum Gasteiger partial charge on any atom is -0.467 e. The third kappa shape index (κ3) is 3.18. The fourth-order valence-electron chi connectivity index (χ4n) is 0.880. The van der Waals surface area contributed by atoms with Gasteiger partial charge in [-0.1, -0.05) is 5.57 Å². The van der Waals surface area contributed by atoms with Crippen LogP contribution in [-0.2, 0) is 9.53 Å². The van der Waals surface area contributed by atoms with Crippen LogP contribution in [0.1, 0.15) is 20.3 Å². The average molecular weight is 158 g/mol. The van der Waals surface area contributed by atoms with E-state index < -0.39 is 11.6 Å². The Labute approximate surface area is 66.7 Å². The van der Waals surface area contributed by atoms with Gasteiger partial charge in [0.25, 0.3) is 0 Å². The summed E-state index contributed by atoms with van der Waals surface area (Å²) in [5.74, 6) is -0.625. The molecule has 0 saturated carbocycles. The molecule has 0 aliphatic heterocycles. The molecule has 0 bridgehead atoms. The molecule has 0 amide bonds. The maximum atomic E-state index is 10.9. The summed E-state index contributed by atoms with van der Waals surface area (Å²) in [6.45, 7) is 6.75. The first-order valence-corrected chi connectivity index (χ1v) is 3.35. The zero-order chi connectivity index (χ0) is 9.07. The molecule has 0 radical (unpaired) electrons. The normalized spacial score (nSPS) is 15.3. The Hall–Kier alpha value is -0.830. The summed E-state index contributed by atoms with van der Waals surface area (Å²) in [7, 11) is 1.25. The van der Waals surface area contributed by atoms with Crippen molar-refractivity contribution in [3.8, 4) is 0 Å². The summed E-state index contributed by atoms with van der Waals surface area (Å²) in [5, 5.41) is 9.42. The molecule has 1 atom stereocenters. The van der Waals surface area contributed by atoms with Crippen molar-refractivity contribution in [2.75, 3.05) is 7.11 Å². The third-order valence-corrected chi connectivity index (χ3v) is 1.27. The summed E-state index contributed by atoms with van der Waals surface area (Å²) in [5.41, 5.74) is -0.680. The quantitative estimate of drug-likeness (QED) is 0.490. The van der Waals surface area contributed by atoms with Crippen LogP contribution in [0.5, 0.6) is 0 Å². The summed E-state index contributed by atoms with van der Waals surface area (Å²) in [6.07, 6.45) is 0.236. The molecule has 11 heavy (non-hydrogen) atoms. The van der Waals surface area contributed by atoms with Gasteiger partial charge in [-0.2, -0.15) is 0 Å². The molecule has 64 valence electrons. The number of hydrogen-bond acceptors (Lipinski definition) is 3. The number of carbonyl (C=O) groups is 1. The molecule has 0 rings (SSSR count). The molecule has 0 heterocycles. The number of esters is 1. The SMILES string of the molecule is C=C(C)C[C@](C)(O)C(=O)OC. The van der Waals surface area contributed by atoms with Crippen molar-refractivity contribution in [1.82, 2.24) is 0 Å². The highest BCUT2D eigenvalue weighted by atomic mass is 16.5. The fourth-order valence-corrected chi connectivity index (χ4v) is 0.880. The van der Waals surface area contributed by atoms with Gasteiger partial charge in [0.1, 0.15) is 0 Å². The van der Waals surface area contributed by atoms with E-state index in [4.69, 9.17) is 0 Å². The predicted octanol–water partition coefficient (Wildman–Crippen LogP) is 0.877. The van der Waals surface area contributed by atoms with Gasteiger partial charge in [-0.15, -0.1) is 6.58 Å². The molecular formula is C8H14O3. The van der Waals surface area contributed by atoms with Gasteiger partial charge in [0.15, 0.2) is 5.60 Å². The Kier molecular flexibility index (Phi) is 3.26. The monoisotopic (exact) mass is 158 g/mol. The highest BCUT2D eigenvalue weighted by Gasteiger charge is 2.30. The zero-order valence-corrected chi connectivity index (χ0v) is 7.18. The van der Waals surface area contributed by atoms with Crippen molar-refractivity contribution < 1.29 is 14.6 Å². The lowest BCUT2D eigenvalue weighted by Gasteiger charge is -2.19. The van der Waals surface area contributed by atoms with Crippen molar-refractivity contribution in [1.29, 1.82) is 0 Å². The Morgan fingerprint density at radius 3 is 2.45 bits per heavy atom. The number of ether oxygens (including phenoxy) is 1. The molecule has 0 aliphatic carbocycles. The molecule has 0 unspecified atom stereocenters. The number of hydrogen-bond donors (Lipinski definition) is 1. The van der Waals surface area contributed by atoms with Gasteiger partial charge in [0.05, 0.1) is 7.11 Å². The van der Waals surface area contributed by atoms with Crippen LogP contribution < -0.4 is 0 Å². The van der Waals surface area contributed by atoms with E-state index >= 15 is 0 Å². The van der Waals surface area contributed by atoms with Crippen LogP contribution in [0.4, 0.5) is 0 Å². The second kappa shape index (κ2) is 3.53. The first-order valence-electron chi connectivity index (χ1n) is 3.35. The van der Waals surface area contributed by atoms with Crippen LogP contribution >= 0.6 is 0 Å². The molecule has 3 nitrogen and oxygen atoms in total. The van der Waals surface area contributed by atoms with Crippen LogP contribution in [0.15, 0.2) is 12.2 Å². The lowest BCUT2D eigenvalue weighted by Crippen LogP contribution is -2.36. The van der Waals surface area contributed by atoms with Gasteiger partial charge in [0, 0.05) is 6.42 Å². The van der Waals surface area contributed by atoms with E-state index in [9.17, 15) is 9.90 Å². The molecular weight excluding hydrogens is 144 g/mol. The van der Waals surface area contributed by atoms with Crippen LogP contribution in [-0.4, -0.2) is 23.8 Å². The van der Waals surface area contributed by atoms with Crippen LogP contribution in [0.2, 0.25) is 0 Å². The Bertz CT molecular complexity index is 170. The summed E-state index contributed by atoms with van der Waals surface area (Å²) >= 11 is 0. The summed E-state index contributed by atoms with van der Waals surface area (Å²) in [4.78, 5) is 10.9. The zero-order valence-electron chi connectivity index (χ0n) is 7.18. The maximum absolute atomic E-state index is 10.9. The number of carbonyl (C=O) groups excluding carboxylic acids is 1. The smallest absolute Gasteiger partial charge is 0.337 e. The average Bonchev–Trinajstić information content (AvgIpc) is 1.83. The molecule has 0 aliphatic rings. The Balaban J connectivity index is 4.21. The van der Waals surface area contributed by atoms with E-state index in [2.05, 4.69) is 11.3 Å². The second-order valence-electron chi connectivity index (χ2n) is 2.90. The highest BCUT2D eigenvalue weighted by molar-refractivity contribution is 5.78. The minimum atomic E-state index is -1.43. The molecule has 0 aromatic rings. The minimum absolute atomic E-state index is 0.236. The topological polar surface area (TPSA) is 46.5 Å². The number of methoxy groups -OCH3 is 1. The van der Waals surface area contributed by atoms with Crippen molar-refractivity contribution in [3.63, 3.8) is 0 Å². The molecule has 0 fully saturated rings. The lowest BCUT2D eigenvalue weighted by atomic mass is 9.99. The first kappa shape index (κ1) is 10.2. The third-order valence-electron chi connectivity index (χ3n) is 1.27. The van der Waals surface area contributed by atoms with Crippen molar-refractivity contribution in [3.05, 3.63) is 12.2 Å². The van der Waals surface area contributed by atoms with E-state index in [1.54, 1.807) is 6.92 Å². The highest BCUT2D eigenvalue weighted by Crippen LogP contribution is 2.15. The van der Waals surface area contributed by atoms with Gasteiger partial charge in [-0.05, 0) is 13.8 Å². The van der Waals surface area contributed by atoms with Gasteiger partial charge in [-0.3, -0.25) is 0 Å². The summed E-state index contributed by atoms with van der Waals surface area (Å²) in [6, 6.07) is 0. The fraction of sp³-hybridized carbons (Fsp3) is 0.625. The van der Waals surface area contributed by atoms with Gasteiger partial charge < -0.3 is 9.84 Å². The predicted molar refractivity (Wildman–Crippen MR) is 42.1 cm³/mol. The first-order chi connectivity index (χ1) is 4.90. The van der Waals surface area contributed by atoms with E-state index in [0.717, 1.165) is 5.57 Å². The van der Waals surface area contributed by atoms with E-state index in [1.165, 1.54) is 14.0 Å². The van der Waals surface area contributed by atoms with Crippen molar-refractivity contribution >= 4 is 5.97 Å². The molecule has 0 aromatic heterocycles. The largest absolute Gasteiger partial charge is 0.467 e. The number of rotatable bonds is 3. The van der Waals surface area contributed by atoms with Crippen molar-refractivity contribution in [2.45, 2.75) is 25.9 Å². The summed E-state index contributed by atoms with van der Waals surface area (Å²) < 4.78 is 4.39. The van der Waals surface area contributed by atoms with Gasteiger partial charge in [0.2, 0.25) is 0 Å².